The lowest BCUT2D eigenvalue weighted by Gasteiger charge is -2.19. The van der Waals surface area contributed by atoms with Gasteiger partial charge in [-0.25, -0.2) is 8.42 Å². The predicted molar refractivity (Wildman–Crippen MR) is 89.7 cm³/mol. The van der Waals surface area contributed by atoms with Crippen molar-refractivity contribution in [1.82, 2.24) is 14.6 Å². The van der Waals surface area contributed by atoms with Crippen LogP contribution in [0.3, 0.4) is 0 Å². The molecule has 25 heavy (non-hydrogen) atoms. The number of nitrogens with one attached hydrogen (secondary N) is 1. The van der Waals surface area contributed by atoms with Crippen LogP contribution in [0.15, 0.2) is 53.7 Å². The van der Waals surface area contributed by atoms with E-state index in [1.807, 2.05) is 0 Å². The van der Waals surface area contributed by atoms with Crippen molar-refractivity contribution in [3.8, 4) is 5.75 Å². The van der Waals surface area contributed by atoms with Gasteiger partial charge in [-0.3, -0.25) is 9.78 Å². The van der Waals surface area contributed by atoms with E-state index >= 15 is 0 Å². The van der Waals surface area contributed by atoms with Crippen molar-refractivity contribution in [2.45, 2.75) is 23.4 Å². The number of hydrogen-bond acceptors (Lipinski definition) is 5. The Kier molecular flexibility index (Phi) is 3.93. The number of benzene rings is 1. The predicted octanol–water partition coefficient (Wildman–Crippen LogP) is 1.04. The first-order valence-electron chi connectivity index (χ1n) is 8.00. The van der Waals surface area contributed by atoms with Crippen molar-refractivity contribution in [3.63, 3.8) is 0 Å². The molecule has 1 fully saturated rings. The molecule has 1 N–H and O–H groups in total. The first-order chi connectivity index (χ1) is 12.1. The van der Waals surface area contributed by atoms with Gasteiger partial charge in [0.2, 0.25) is 10.0 Å². The number of rotatable bonds is 2. The highest BCUT2D eigenvalue weighted by molar-refractivity contribution is 7.89. The molecule has 3 heterocycles. The van der Waals surface area contributed by atoms with Gasteiger partial charge in [0.25, 0.3) is 5.91 Å². The van der Waals surface area contributed by atoms with Crippen LogP contribution in [-0.4, -0.2) is 48.8 Å². The molecule has 130 valence electrons. The van der Waals surface area contributed by atoms with Gasteiger partial charge in [-0.15, -0.1) is 0 Å². The molecule has 2 aliphatic rings. The zero-order chi connectivity index (χ0) is 17.4. The second-order valence-electron chi connectivity index (χ2n) is 6.13. The minimum absolute atomic E-state index is 0.179. The van der Waals surface area contributed by atoms with Gasteiger partial charge in [-0.05, 0) is 30.7 Å². The van der Waals surface area contributed by atoms with Crippen LogP contribution in [0.2, 0.25) is 0 Å². The van der Waals surface area contributed by atoms with Crippen LogP contribution in [0.25, 0.3) is 0 Å². The third kappa shape index (κ3) is 2.87. The van der Waals surface area contributed by atoms with Crippen molar-refractivity contribution in [2.75, 3.05) is 13.2 Å². The summed E-state index contributed by atoms with van der Waals surface area (Å²) in [7, 11) is -3.64. The molecule has 2 aliphatic heterocycles. The van der Waals surface area contributed by atoms with Gasteiger partial charge in [0.1, 0.15) is 17.3 Å². The van der Waals surface area contributed by atoms with Gasteiger partial charge in [0.05, 0.1) is 6.04 Å². The Morgan fingerprint density at radius 3 is 2.76 bits per heavy atom. The normalized spacial score (nSPS) is 24.5. The van der Waals surface area contributed by atoms with Crippen molar-refractivity contribution < 1.29 is 17.9 Å². The molecule has 0 aliphatic carbocycles. The number of carbonyl (C=O) groups excluding carboxylic acids is 1. The largest absolute Gasteiger partial charge is 0.490 e. The van der Waals surface area contributed by atoms with E-state index in [0.29, 0.717) is 17.7 Å². The lowest BCUT2D eigenvalue weighted by molar-refractivity contribution is 0.0938. The molecule has 1 aromatic carbocycles. The number of ether oxygens (including phenoxy) is 1. The highest BCUT2D eigenvalue weighted by Crippen LogP contribution is 2.35. The van der Waals surface area contributed by atoms with E-state index in [-0.39, 0.29) is 36.0 Å². The molecule has 4 rings (SSSR count). The molecule has 0 bridgehead atoms. The van der Waals surface area contributed by atoms with Crippen molar-refractivity contribution in [2.24, 2.45) is 0 Å². The van der Waals surface area contributed by atoms with Crippen molar-refractivity contribution >= 4 is 15.9 Å². The topological polar surface area (TPSA) is 88.6 Å². The molecule has 0 saturated carbocycles. The molecule has 8 heteroatoms. The number of pyridine rings is 1. The summed E-state index contributed by atoms with van der Waals surface area (Å²) in [5.41, 5.74) is 0.501. The number of carbonyl (C=O) groups is 1. The van der Waals surface area contributed by atoms with E-state index in [1.54, 1.807) is 48.8 Å². The first-order valence-corrected chi connectivity index (χ1v) is 9.44. The summed E-state index contributed by atoms with van der Waals surface area (Å²) in [6.07, 6.45) is 3.61. The minimum Gasteiger partial charge on any atom is -0.490 e. The fourth-order valence-electron chi connectivity index (χ4n) is 3.30. The number of sulfonamides is 1. The lowest BCUT2D eigenvalue weighted by Crippen LogP contribution is -2.39. The zero-order valence-electron chi connectivity index (χ0n) is 13.3. The Morgan fingerprint density at radius 2 is 1.96 bits per heavy atom. The summed E-state index contributed by atoms with van der Waals surface area (Å²) in [6, 6.07) is 9.35. The highest BCUT2D eigenvalue weighted by atomic mass is 32.2. The number of nitrogens with zero attached hydrogens (tertiary/aromatic N) is 2. The Morgan fingerprint density at radius 1 is 1.20 bits per heavy atom. The second kappa shape index (κ2) is 6.12. The summed E-state index contributed by atoms with van der Waals surface area (Å²) in [5.74, 6) is 0.151. The summed E-state index contributed by atoms with van der Waals surface area (Å²) < 4.78 is 33.0. The summed E-state index contributed by atoms with van der Waals surface area (Å²) in [5, 5.41) is 2.91. The van der Waals surface area contributed by atoms with E-state index in [2.05, 4.69) is 10.3 Å². The molecule has 0 spiro atoms. The second-order valence-corrected chi connectivity index (χ2v) is 7.99. The van der Waals surface area contributed by atoms with Crippen LogP contribution in [0.4, 0.5) is 0 Å². The van der Waals surface area contributed by atoms with E-state index in [0.717, 1.165) is 0 Å². The van der Waals surface area contributed by atoms with Crippen LogP contribution in [-0.2, 0) is 10.0 Å². The molecular weight excluding hydrogens is 342 g/mol. The fourth-order valence-corrected chi connectivity index (χ4v) is 5.10. The third-order valence-corrected chi connectivity index (χ3v) is 6.47. The molecule has 0 unspecified atom stereocenters. The van der Waals surface area contributed by atoms with Gasteiger partial charge in [-0.2, -0.15) is 4.31 Å². The average Bonchev–Trinajstić information content (AvgIpc) is 3.00. The van der Waals surface area contributed by atoms with E-state index in [4.69, 9.17) is 4.74 Å². The molecular formula is C17H17N3O4S. The zero-order valence-corrected chi connectivity index (χ0v) is 14.1. The number of aromatic nitrogens is 1. The Balaban J connectivity index is 1.55. The van der Waals surface area contributed by atoms with Crippen LogP contribution >= 0.6 is 0 Å². The van der Waals surface area contributed by atoms with Gasteiger partial charge in [0, 0.05) is 30.5 Å². The third-order valence-electron chi connectivity index (χ3n) is 4.51. The molecule has 2 atom stereocenters. The summed E-state index contributed by atoms with van der Waals surface area (Å²) in [4.78, 5) is 16.4. The Hall–Kier alpha value is -2.45. The number of para-hydroxylation sites is 1. The van der Waals surface area contributed by atoms with Gasteiger partial charge in [-0.1, -0.05) is 12.1 Å². The maximum atomic E-state index is 12.9. The standard InChI is InChI=1S/C17H17N3O4S/c21-17(12-5-7-18-8-6-12)19-13-9-14-11-24-15-3-1-2-4-16(15)25(22,23)20(14)10-13/h1-8,13-14H,9-11H2,(H,19,21)/t13-,14-/m0/s1. The SMILES string of the molecule is O=C(N[C@H]1C[C@H]2COc3ccccc3S(=O)(=O)N2C1)c1ccncc1. The van der Waals surface area contributed by atoms with Crippen LogP contribution < -0.4 is 10.1 Å². The number of fused-ring (bicyclic) bond motifs is 2. The van der Waals surface area contributed by atoms with E-state index < -0.39 is 10.0 Å². The summed E-state index contributed by atoms with van der Waals surface area (Å²) in [6.45, 7) is 0.513. The van der Waals surface area contributed by atoms with Crippen LogP contribution in [0.1, 0.15) is 16.8 Å². The highest BCUT2D eigenvalue weighted by Gasteiger charge is 2.44. The monoisotopic (exact) mass is 359 g/mol. The fraction of sp³-hybridized carbons (Fsp3) is 0.294. The quantitative estimate of drug-likeness (QED) is 0.865. The molecule has 0 radical (unpaired) electrons. The number of hydrogen-bond donors (Lipinski definition) is 1. The molecule has 7 nitrogen and oxygen atoms in total. The minimum atomic E-state index is -3.64. The average molecular weight is 359 g/mol. The first kappa shape index (κ1) is 16.0. The Labute approximate surface area is 145 Å². The van der Waals surface area contributed by atoms with Gasteiger partial charge >= 0.3 is 0 Å². The molecule has 1 aromatic heterocycles. The molecule has 1 saturated heterocycles. The van der Waals surface area contributed by atoms with Crippen molar-refractivity contribution in [1.29, 1.82) is 0 Å². The van der Waals surface area contributed by atoms with Crippen LogP contribution in [0.5, 0.6) is 5.75 Å². The maximum Gasteiger partial charge on any atom is 0.251 e. The maximum absolute atomic E-state index is 12.9. The van der Waals surface area contributed by atoms with E-state index in [1.165, 1.54) is 4.31 Å². The lowest BCUT2D eigenvalue weighted by atomic mass is 10.1. The van der Waals surface area contributed by atoms with E-state index in [9.17, 15) is 13.2 Å². The van der Waals surface area contributed by atoms with Crippen LogP contribution in [0, 0.1) is 0 Å². The van der Waals surface area contributed by atoms with Gasteiger partial charge in [0.15, 0.2) is 0 Å². The summed E-state index contributed by atoms with van der Waals surface area (Å²) >= 11 is 0. The Bertz CT molecular complexity index is 901. The van der Waals surface area contributed by atoms with Crippen molar-refractivity contribution in [3.05, 3.63) is 54.4 Å². The number of amides is 1. The molecule has 1 amide bonds. The smallest absolute Gasteiger partial charge is 0.251 e. The molecule has 2 aromatic rings. The van der Waals surface area contributed by atoms with Gasteiger partial charge < -0.3 is 10.1 Å².